The predicted molar refractivity (Wildman–Crippen MR) is 49.5 cm³/mol. The molecule has 0 fully saturated rings. The van der Waals surface area contributed by atoms with Gasteiger partial charge in [-0.05, 0) is 35.0 Å². The van der Waals surface area contributed by atoms with Gasteiger partial charge < -0.3 is 0 Å². The third-order valence-electron chi connectivity index (χ3n) is 1.56. The van der Waals surface area contributed by atoms with E-state index < -0.39 is 5.82 Å². The van der Waals surface area contributed by atoms with Crippen LogP contribution >= 0.6 is 15.9 Å². The Morgan fingerprint density at radius 3 is 2.62 bits per heavy atom. The van der Waals surface area contributed by atoms with E-state index in [0.29, 0.717) is 10.8 Å². The minimum Gasteiger partial charge on any atom is -0.298 e. The first-order valence-electron chi connectivity index (χ1n) is 3.51. The SMILES string of the molecule is CC(=O)c1c(Br)cc(F)cc1C=O. The van der Waals surface area contributed by atoms with Gasteiger partial charge in [-0.15, -0.1) is 0 Å². The normalized spacial score (nSPS) is 9.77. The molecule has 0 aliphatic heterocycles. The number of rotatable bonds is 2. The zero-order valence-electron chi connectivity index (χ0n) is 6.80. The molecule has 0 saturated heterocycles. The molecule has 2 nitrogen and oxygen atoms in total. The average molecular weight is 245 g/mol. The zero-order valence-corrected chi connectivity index (χ0v) is 8.39. The molecule has 0 heterocycles. The van der Waals surface area contributed by atoms with Gasteiger partial charge in [0, 0.05) is 15.6 Å². The molecule has 0 saturated carbocycles. The number of halogens is 2. The Morgan fingerprint density at radius 2 is 2.15 bits per heavy atom. The van der Waals surface area contributed by atoms with Crippen molar-refractivity contribution in [2.24, 2.45) is 0 Å². The second kappa shape index (κ2) is 3.79. The fraction of sp³-hybridized carbons (Fsp3) is 0.111. The number of carbonyl (C=O) groups is 2. The Labute approximate surface area is 82.9 Å². The number of ketones is 1. The maximum absolute atomic E-state index is 12.8. The summed E-state index contributed by atoms with van der Waals surface area (Å²) in [6.07, 6.45) is 0.463. The van der Waals surface area contributed by atoms with Crippen molar-refractivity contribution in [2.45, 2.75) is 6.92 Å². The van der Waals surface area contributed by atoms with Crippen molar-refractivity contribution in [1.29, 1.82) is 0 Å². The smallest absolute Gasteiger partial charge is 0.161 e. The van der Waals surface area contributed by atoms with Crippen molar-refractivity contribution in [1.82, 2.24) is 0 Å². The van der Waals surface area contributed by atoms with Gasteiger partial charge in [0.25, 0.3) is 0 Å². The third-order valence-corrected chi connectivity index (χ3v) is 2.19. The van der Waals surface area contributed by atoms with Gasteiger partial charge in [-0.25, -0.2) is 4.39 Å². The van der Waals surface area contributed by atoms with E-state index in [9.17, 15) is 14.0 Å². The number of aldehydes is 1. The summed E-state index contributed by atoms with van der Waals surface area (Å²) >= 11 is 3.02. The van der Waals surface area contributed by atoms with Crippen molar-refractivity contribution in [3.8, 4) is 0 Å². The average Bonchev–Trinajstić information content (AvgIpc) is 2.01. The van der Waals surface area contributed by atoms with E-state index in [1.54, 1.807) is 0 Å². The lowest BCUT2D eigenvalue weighted by Gasteiger charge is -2.03. The monoisotopic (exact) mass is 244 g/mol. The molecule has 0 amide bonds. The number of hydrogen-bond acceptors (Lipinski definition) is 2. The third kappa shape index (κ3) is 2.01. The Hall–Kier alpha value is -1.03. The van der Waals surface area contributed by atoms with Gasteiger partial charge in [0.2, 0.25) is 0 Å². The second-order valence-electron chi connectivity index (χ2n) is 2.53. The van der Waals surface area contributed by atoms with E-state index in [1.807, 2.05) is 0 Å². The van der Waals surface area contributed by atoms with E-state index in [2.05, 4.69) is 15.9 Å². The second-order valence-corrected chi connectivity index (χ2v) is 3.38. The Morgan fingerprint density at radius 1 is 1.54 bits per heavy atom. The largest absolute Gasteiger partial charge is 0.298 e. The fourth-order valence-electron chi connectivity index (χ4n) is 1.06. The molecule has 0 aromatic heterocycles. The van der Waals surface area contributed by atoms with Crippen LogP contribution in [0.4, 0.5) is 4.39 Å². The first-order valence-corrected chi connectivity index (χ1v) is 4.30. The van der Waals surface area contributed by atoms with Gasteiger partial charge in [-0.1, -0.05) is 0 Å². The van der Waals surface area contributed by atoms with Gasteiger partial charge >= 0.3 is 0 Å². The van der Waals surface area contributed by atoms with Crippen LogP contribution in [0.1, 0.15) is 27.6 Å². The molecule has 0 aliphatic carbocycles. The van der Waals surface area contributed by atoms with Crippen LogP contribution in [-0.4, -0.2) is 12.1 Å². The van der Waals surface area contributed by atoms with E-state index in [1.165, 1.54) is 6.92 Å². The highest BCUT2D eigenvalue weighted by Gasteiger charge is 2.12. The summed E-state index contributed by atoms with van der Waals surface area (Å²) in [6.45, 7) is 1.32. The molecule has 0 atom stereocenters. The molecule has 68 valence electrons. The molecule has 1 aromatic carbocycles. The molecule has 4 heteroatoms. The molecule has 13 heavy (non-hydrogen) atoms. The van der Waals surface area contributed by atoms with Crippen LogP contribution < -0.4 is 0 Å². The highest BCUT2D eigenvalue weighted by molar-refractivity contribution is 9.10. The topological polar surface area (TPSA) is 34.1 Å². The van der Waals surface area contributed by atoms with Crippen molar-refractivity contribution < 1.29 is 14.0 Å². The number of Topliss-reactive ketones (excluding diaryl/α,β-unsaturated/α-hetero) is 1. The minimum absolute atomic E-state index is 0.0689. The Kier molecular flexibility index (Phi) is 2.93. The van der Waals surface area contributed by atoms with Crippen molar-refractivity contribution in [2.75, 3.05) is 0 Å². The number of carbonyl (C=O) groups excluding carboxylic acids is 2. The fourth-order valence-corrected chi connectivity index (χ4v) is 1.78. The molecule has 0 N–H and O–H groups in total. The molecule has 0 radical (unpaired) electrons. The van der Waals surface area contributed by atoms with Gasteiger partial charge in [0.15, 0.2) is 12.1 Å². The Balaban J connectivity index is 3.47. The molecular formula is C9H6BrFO2. The van der Waals surface area contributed by atoms with Gasteiger partial charge in [0.05, 0.1) is 0 Å². The van der Waals surface area contributed by atoms with E-state index >= 15 is 0 Å². The van der Waals surface area contributed by atoms with E-state index in [0.717, 1.165) is 12.1 Å². The molecule has 0 unspecified atom stereocenters. The minimum atomic E-state index is -0.543. The summed E-state index contributed by atoms with van der Waals surface area (Å²) in [5.41, 5.74) is 0.288. The van der Waals surface area contributed by atoms with Crippen LogP contribution in [0.3, 0.4) is 0 Å². The zero-order chi connectivity index (χ0) is 10.0. The van der Waals surface area contributed by atoms with Crippen LogP contribution in [0.5, 0.6) is 0 Å². The lowest BCUT2D eigenvalue weighted by atomic mass is 10.1. The van der Waals surface area contributed by atoms with Crippen molar-refractivity contribution in [3.05, 3.63) is 33.5 Å². The summed E-state index contributed by atoms with van der Waals surface area (Å²) < 4.78 is 13.1. The Bertz CT molecular complexity index is 374. The maximum Gasteiger partial charge on any atom is 0.161 e. The highest BCUT2D eigenvalue weighted by atomic mass is 79.9. The van der Waals surface area contributed by atoms with Gasteiger partial charge in [0.1, 0.15) is 5.82 Å². The lowest BCUT2D eigenvalue weighted by Crippen LogP contribution is -2.01. The van der Waals surface area contributed by atoms with Crippen LogP contribution in [0.15, 0.2) is 16.6 Å². The molecule has 0 aliphatic rings. The summed E-state index contributed by atoms with van der Waals surface area (Å²) in [7, 11) is 0. The molecular weight excluding hydrogens is 239 g/mol. The molecule has 1 rings (SSSR count). The first-order chi connectivity index (χ1) is 6.06. The molecule has 1 aromatic rings. The summed E-state index contributed by atoms with van der Waals surface area (Å²) in [6, 6.07) is 2.19. The lowest BCUT2D eigenvalue weighted by molar-refractivity contribution is 0.100. The van der Waals surface area contributed by atoms with Crippen LogP contribution in [0.25, 0.3) is 0 Å². The van der Waals surface area contributed by atoms with E-state index in [-0.39, 0.29) is 16.9 Å². The summed E-state index contributed by atoms with van der Waals surface area (Å²) in [5.74, 6) is -0.812. The number of hydrogen-bond donors (Lipinski definition) is 0. The summed E-state index contributed by atoms with van der Waals surface area (Å²) in [4.78, 5) is 21.5. The van der Waals surface area contributed by atoms with Gasteiger partial charge in [-0.3, -0.25) is 9.59 Å². The van der Waals surface area contributed by atoms with Crippen LogP contribution in [-0.2, 0) is 0 Å². The molecule has 0 bridgehead atoms. The van der Waals surface area contributed by atoms with E-state index in [4.69, 9.17) is 0 Å². The standard InChI is InChI=1S/C9H6BrFO2/c1-5(13)9-6(4-12)2-7(11)3-8(9)10/h2-4H,1H3. The quantitative estimate of drug-likeness (QED) is 0.592. The van der Waals surface area contributed by atoms with Crippen molar-refractivity contribution >= 4 is 28.0 Å². The maximum atomic E-state index is 12.8. The van der Waals surface area contributed by atoms with Crippen molar-refractivity contribution in [3.63, 3.8) is 0 Å². The van der Waals surface area contributed by atoms with Crippen LogP contribution in [0.2, 0.25) is 0 Å². The number of benzene rings is 1. The molecule has 0 spiro atoms. The summed E-state index contributed by atoms with van der Waals surface area (Å²) in [5, 5.41) is 0. The van der Waals surface area contributed by atoms with Gasteiger partial charge in [-0.2, -0.15) is 0 Å². The first kappa shape index (κ1) is 10.1. The van der Waals surface area contributed by atoms with Crippen LogP contribution in [0, 0.1) is 5.82 Å². The predicted octanol–water partition coefficient (Wildman–Crippen LogP) is 2.60. The highest BCUT2D eigenvalue weighted by Crippen LogP contribution is 2.21.